The highest BCUT2D eigenvalue weighted by molar-refractivity contribution is 5.92. The number of hydrogen-bond donors (Lipinski definition) is 2. The van der Waals surface area contributed by atoms with Gasteiger partial charge >= 0.3 is 0 Å². The van der Waals surface area contributed by atoms with Crippen LogP contribution in [-0.2, 0) is 9.59 Å². The lowest BCUT2D eigenvalue weighted by atomic mass is 9.99. The molecule has 0 aliphatic rings. The molecule has 1 rings (SSSR count). The monoisotopic (exact) mass is 319 g/mol. The summed E-state index contributed by atoms with van der Waals surface area (Å²) in [7, 11) is 1.76. The van der Waals surface area contributed by atoms with Crippen molar-refractivity contribution in [2.75, 3.05) is 25.5 Å². The fourth-order valence-corrected chi connectivity index (χ4v) is 2.25. The predicted molar refractivity (Wildman–Crippen MR) is 94.6 cm³/mol. The average molecular weight is 319 g/mol. The van der Waals surface area contributed by atoms with E-state index in [0.29, 0.717) is 5.92 Å². The van der Waals surface area contributed by atoms with Crippen molar-refractivity contribution in [1.82, 2.24) is 10.2 Å². The lowest BCUT2D eigenvalue weighted by Gasteiger charge is -2.17. The van der Waals surface area contributed by atoms with E-state index in [9.17, 15) is 9.59 Å². The molecule has 0 spiro atoms. The van der Waals surface area contributed by atoms with Crippen LogP contribution in [0.25, 0.3) is 0 Å². The zero-order chi connectivity index (χ0) is 17.4. The summed E-state index contributed by atoms with van der Waals surface area (Å²) < 4.78 is 0. The smallest absolute Gasteiger partial charge is 0.238 e. The van der Waals surface area contributed by atoms with E-state index in [1.807, 2.05) is 38.1 Å². The SMILES string of the molecule is CC[C@H](C)c1ccc(NC(=O)CN(C)CC(=O)NC(C)C)cc1. The minimum Gasteiger partial charge on any atom is -0.353 e. The van der Waals surface area contributed by atoms with Crippen LogP contribution in [0.3, 0.4) is 0 Å². The molecule has 0 fully saturated rings. The van der Waals surface area contributed by atoms with Gasteiger partial charge < -0.3 is 10.6 Å². The fraction of sp³-hybridized carbons (Fsp3) is 0.556. The van der Waals surface area contributed by atoms with Crippen LogP contribution < -0.4 is 10.6 Å². The molecular weight excluding hydrogens is 290 g/mol. The molecule has 0 heterocycles. The molecule has 5 heteroatoms. The molecule has 0 aliphatic carbocycles. The van der Waals surface area contributed by atoms with Crippen molar-refractivity contribution >= 4 is 17.5 Å². The Kier molecular flexibility index (Phi) is 7.75. The van der Waals surface area contributed by atoms with Crippen LogP contribution in [0.1, 0.15) is 45.6 Å². The first-order chi connectivity index (χ1) is 10.8. The van der Waals surface area contributed by atoms with Gasteiger partial charge in [-0.05, 0) is 50.9 Å². The van der Waals surface area contributed by atoms with E-state index < -0.39 is 0 Å². The Morgan fingerprint density at radius 3 is 2.13 bits per heavy atom. The van der Waals surface area contributed by atoms with Crippen molar-refractivity contribution in [2.24, 2.45) is 0 Å². The van der Waals surface area contributed by atoms with Gasteiger partial charge in [-0.25, -0.2) is 0 Å². The van der Waals surface area contributed by atoms with Crippen molar-refractivity contribution in [1.29, 1.82) is 0 Å². The number of carbonyl (C=O) groups excluding carboxylic acids is 2. The first-order valence-corrected chi connectivity index (χ1v) is 8.19. The Morgan fingerprint density at radius 2 is 1.61 bits per heavy atom. The van der Waals surface area contributed by atoms with E-state index in [1.165, 1.54) is 5.56 Å². The maximum Gasteiger partial charge on any atom is 0.238 e. The Labute approximate surface area is 139 Å². The van der Waals surface area contributed by atoms with Crippen LogP contribution in [0, 0.1) is 0 Å². The van der Waals surface area contributed by atoms with Crippen LogP contribution in [-0.4, -0.2) is 42.9 Å². The molecule has 23 heavy (non-hydrogen) atoms. The summed E-state index contributed by atoms with van der Waals surface area (Å²) in [5, 5.41) is 5.67. The van der Waals surface area contributed by atoms with Gasteiger partial charge in [-0.1, -0.05) is 26.0 Å². The van der Waals surface area contributed by atoms with E-state index in [1.54, 1.807) is 11.9 Å². The minimum absolute atomic E-state index is 0.0757. The zero-order valence-corrected chi connectivity index (χ0v) is 14.8. The molecule has 1 aromatic rings. The molecular formula is C18H29N3O2. The van der Waals surface area contributed by atoms with Gasteiger partial charge in [0.15, 0.2) is 0 Å². The molecule has 0 saturated carbocycles. The van der Waals surface area contributed by atoms with Crippen LogP contribution in [0.5, 0.6) is 0 Å². The number of amides is 2. The summed E-state index contributed by atoms with van der Waals surface area (Å²) in [5.74, 6) is 0.319. The molecule has 2 N–H and O–H groups in total. The first-order valence-electron chi connectivity index (χ1n) is 8.19. The summed E-state index contributed by atoms with van der Waals surface area (Å²) in [6, 6.07) is 8.04. The summed E-state index contributed by atoms with van der Waals surface area (Å²) in [6.07, 6.45) is 1.09. The molecule has 5 nitrogen and oxygen atoms in total. The third-order valence-corrected chi connectivity index (χ3v) is 3.65. The van der Waals surface area contributed by atoms with E-state index in [4.69, 9.17) is 0 Å². The van der Waals surface area contributed by atoms with Crippen molar-refractivity contribution in [3.63, 3.8) is 0 Å². The highest BCUT2D eigenvalue weighted by atomic mass is 16.2. The van der Waals surface area contributed by atoms with Gasteiger partial charge in [-0.15, -0.1) is 0 Å². The first kappa shape index (κ1) is 19.2. The van der Waals surface area contributed by atoms with Gasteiger partial charge in [-0.2, -0.15) is 0 Å². The van der Waals surface area contributed by atoms with Gasteiger partial charge in [0.05, 0.1) is 13.1 Å². The van der Waals surface area contributed by atoms with Crippen molar-refractivity contribution < 1.29 is 9.59 Å². The topological polar surface area (TPSA) is 61.4 Å². The van der Waals surface area contributed by atoms with Crippen LogP contribution >= 0.6 is 0 Å². The van der Waals surface area contributed by atoms with Crippen LogP contribution in [0.4, 0.5) is 5.69 Å². The second-order valence-electron chi connectivity index (χ2n) is 6.37. The van der Waals surface area contributed by atoms with Crippen molar-refractivity contribution in [3.05, 3.63) is 29.8 Å². The number of rotatable bonds is 8. The predicted octanol–water partition coefficient (Wildman–Crippen LogP) is 2.60. The summed E-state index contributed by atoms with van der Waals surface area (Å²) >= 11 is 0. The standard InChI is InChI=1S/C18H29N3O2/c1-6-14(4)15-7-9-16(10-8-15)20-18(23)12-21(5)11-17(22)19-13(2)3/h7-10,13-14H,6,11-12H2,1-5H3,(H,19,22)(H,20,23)/t14-/m0/s1. The van der Waals surface area contributed by atoms with Gasteiger partial charge in [0, 0.05) is 11.7 Å². The number of carbonyl (C=O) groups is 2. The summed E-state index contributed by atoms with van der Waals surface area (Å²) in [5.41, 5.74) is 2.05. The molecule has 0 aromatic heterocycles. The largest absolute Gasteiger partial charge is 0.353 e. The molecule has 128 valence electrons. The molecule has 0 bridgehead atoms. The lowest BCUT2D eigenvalue weighted by Crippen LogP contribution is -2.41. The number of nitrogens with one attached hydrogen (secondary N) is 2. The number of likely N-dealkylation sites (N-methyl/N-ethyl adjacent to an activating group) is 1. The third kappa shape index (κ3) is 7.28. The lowest BCUT2D eigenvalue weighted by molar-refractivity contribution is -0.123. The Morgan fingerprint density at radius 1 is 1.04 bits per heavy atom. The van der Waals surface area contributed by atoms with E-state index >= 15 is 0 Å². The molecule has 1 aromatic carbocycles. The number of benzene rings is 1. The highest BCUT2D eigenvalue weighted by Crippen LogP contribution is 2.20. The Balaban J connectivity index is 2.45. The average Bonchev–Trinajstić information content (AvgIpc) is 2.45. The maximum absolute atomic E-state index is 12.0. The Hall–Kier alpha value is -1.88. The zero-order valence-electron chi connectivity index (χ0n) is 14.8. The molecule has 0 unspecified atom stereocenters. The number of anilines is 1. The van der Waals surface area contributed by atoms with Crippen molar-refractivity contribution in [2.45, 2.75) is 46.1 Å². The van der Waals surface area contributed by atoms with Crippen molar-refractivity contribution in [3.8, 4) is 0 Å². The molecule has 0 aliphatic heterocycles. The van der Waals surface area contributed by atoms with Crippen LogP contribution in [0.15, 0.2) is 24.3 Å². The normalized spacial score (nSPS) is 12.3. The van der Waals surface area contributed by atoms with Gasteiger partial charge in [0.25, 0.3) is 0 Å². The van der Waals surface area contributed by atoms with Crippen LogP contribution in [0.2, 0.25) is 0 Å². The number of nitrogens with zero attached hydrogens (tertiary/aromatic N) is 1. The van der Waals surface area contributed by atoms with Gasteiger partial charge in [0.1, 0.15) is 0 Å². The fourth-order valence-electron chi connectivity index (χ4n) is 2.25. The summed E-state index contributed by atoms with van der Waals surface area (Å²) in [4.78, 5) is 25.4. The second kappa shape index (κ2) is 9.30. The highest BCUT2D eigenvalue weighted by Gasteiger charge is 2.11. The quantitative estimate of drug-likeness (QED) is 0.774. The number of hydrogen-bond acceptors (Lipinski definition) is 3. The third-order valence-electron chi connectivity index (χ3n) is 3.65. The minimum atomic E-state index is -0.124. The van der Waals surface area contributed by atoms with E-state index in [-0.39, 0.29) is 30.9 Å². The van der Waals surface area contributed by atoms with Gasteiger partial charge in [0.2, 0.25) is 11.8 Å². The summed E-state index contributed by atoms with van der Waals surface area (Å²) in [6.45, 7) is 8.55. The molecule has 1 atom stereocenters. The Bertz CT molecular complexity index is 512. The molecule has 0 radical (unpaired) electrons. The molecule has 0 saturated heterocycles. The van der Waals surface area contributed by atoms with E-state index in [2.05, 4.69) is 24.5 Å². The molecule has 2 amide bonds. The second-order valence-corrected chi connectivity index (χ2v) is 6.37. The maximum atomic E-state index is 12.0. The van der Waals surface area contributed by atoms with E-state index in [0.717, 1.165) is 12.1 Å². The van der Waals surface area contributed by atoms with Gasteiger partial charge in [-0.3, -0.25) is 14.5 Å².